The molecule has 0 aliphatic rings. The number of thioether (sulfide) groups is 1. The lowest BCUT2D eigenvalue weighted by molar-refractivity contribution is -0.113. The number of nitrogens with one attached hydrogen (secondary N) is 2. The zero-order valence-corrected chi connectivity index (χ0v) is 16.1. The van der Waals surface area contributed by atoms with Gasteiger partial charge in [-0.15, -0.1) is 5.10 Å². The van der Waals surface area contributed by atoms with Crippen molar-refractivity contribution in [2.75, 3.05) is 11.1 Å². The highest BCUT2D eigenvalue weighted by Crippen LogP contribution is 2.23. The van der Waals surface area contributed by atoms with E-state index in [9.17, 15) is 9.18 Å². The molecular weight excluding hydrogens is 410 g/mol. The van der Waals surface area contributed by atoms with Gasteiger partial charge in [-0.1, -0.05) is 53.2 Å². The summed E-state index contributed by atoms with van der Waals surface area (Å²) in [4.78, 5) is 16.3. The van der Waals surface area contributed by atoms with Gasteiger partial charge in [-0.05, 0) is 42.0 Å². The number of benzene rings is 2. The molecule has 0 spiro atoms. The molecule has 0 fully saturated rings. The Labute approximate surface area is 169 Å². The highest BCUT2D eigenvalue weighted by Gasteiger charge is 2.08. The van der Waals surface area contributed by atoms with Gasteiger partial charge in [0.05, 0.1) is 5.75 Å². The number of aromatic amines is 1. The Morgan fingerprint density at radius 1 is 1.15 bits per heavy atom. The molecule has 1 heterocycles. The zero-order valence-electron chi connectivity index (χ0n) is 13.7. The van der Waals surface area contributed by atoms with Crippen molar-refractivity contribution >= 4 is 58.7 Å². The average molecular weight is 423 g/mol. The highest BCUT2D eigenvalue weighted by atomic mass is 35.5. The van der Waals surface area contributed by atoms with Gasteiger partial charge < -0.3 is 5.32 Å². The lowest BCUT2D eigenvalue weighted by Crippen LogP contribution is -2.14. The first kappa shape index (κ1) is 19.4. The largest absolute Gasteiger partial charge is 0.325 e. The first-order valence-electron chi connectivity index (χ1n) is 7.73. The Kier molecular flexibility index (Phi) is 6.49. The number of anilines is 1. The van der Waals surface area contributed by atoms with Crippen LogP contribution in [0.3, 0.4) is 0 Å². The molecule has 0 atom stereocenters. The van der Waals surface area contributed by atoms with Crippen LogP contribution in [0.25, 0.3) is 12.2 Å². The van der Waals surface area contributed by atoms with Gasteiger partial charge in [-0.2, -0.15) is 0 Å². The van der Waals surface area contributed by atoms with Crippen LogP contribution in [0.4, 0.5) is 10.1 Å². The SMILES string of the molecule is O=C(CSc1n[nH]c(/C=C/c2ccc(F)cc2)n1)Nc1cc(Cl)cc(Cl)c1. The topological polar surface area (TPSA) is 70.7 Å². The van der Waals surface area contributed by atoms with Crippen molar-refractivity contribution in [2.45, 2.75) is 5.16 Å². The third-order valence-electron chi connectivity index (χ3n) is 3.26. The van der Waals surface area contributed by atoms with Gasteiger partial charge >= 0.3 is 0 Å². The monoisotopic (exact) mass is 422 g/mol. The first-order chi connectivity index (χ1) is 13.0. The second kappa shape index (κ2) is 9.03. The Morgan fingerprint density at radius 2 is 1.85 bits per heavy atom. The predicted molar refractivity (Wildman–Crippen MR) is 108 cm³/mol. The van der Waals surface area contributed by atoms with E-state index in [1.807, 2.05) is 0 Å². The number of carbonyl (C=O) groups is 1. The molecule has 9 heteroatoms. The summed E-state index contributed by atoms with van der Waals surface area (Å²) < 4.78 is 12.9. The molecule has 0 saturated carbocycles. The van der Waals surface area contributed by atoms with E-state index in [0.29, 0.717) is 26.7 Å². The molecular formula is C18H13Cl2FN4OS. The lowest BCUT2D eigenvalue weighted by Gasteiger charge is -2.05. The molecule has 138 valence electrons. The number of hydrogen-bond acceptors (Lipinski definition) is 4. The van der Waals surface area contributed by atoms with Crippen LogP contribution >= 0.6 is 35.0 Å². The predicted octanol–water partition coefficient (Wildman–Crippen LogP) is 5.15. The fourth-order valence-electron chi connectivity index (χ4n) is 2.10. The number of rotatable bonds is 6. The van der Waals surface area contributed by atoms with Gasteiger partial charge in [0, 0.05) is 15.7 Å². The normalized spacial score (nSPS) is 11.1. The number of amides is 1. The Hall–Kier alpha value is -2.35. The van der Waals surface area contributed by atoms with E-state index >= 15 is 0 Å². The van der Waals surface area contributed by atoms with E-state index in [1.165, 1.54) is 23.9 Å². The minimum atomic E-state index is -0.288. The maximum atomic E-state index is 12.9. The summed E-state index contributed by atoms with van der Waals surface area (Å²) in [7, 11) is 0. The molecule has 3 aromatic rings. The van der Waals surface area contributed by atoms with Crippen LogP contribution in [-0.2, 0) is 4.79 Å². The highest BCUT2D eigenvalue weighted by molar-refractivity contribution is 7.99. The summed E-state index contributed by atoms with van der Waals surface area (Å²) in [6.07, 6.45) is 3.50. The van der Waals surface area contributed by atoms with Gasteiger partial charge in [-0.3, -0.25) is 9.89 Å². The van der Waals surface area contributed by atoms with Crippen molar-refractivity contribution < 1.29 is 9.18 Å². The van der Waals surface area contributed by atoms with Crippen molar-refractivity contribution in [3.63, 3.8) is 0 Å². The fourth-order valence-corrected chi connectivity index (χ4v) is 3.23. The fraction of sp³-hybridized carbons (Fsp3) is 0.0556. The summed E-state index contributed by atoms with van der Waals surface area (Å²) in [5, 5.41) is 10.8. The number of hydrogen-bond donors (Lipinski definition) is 2. The van der Waals surface area contributed by atoms with E-state index in [2.05, 4.69) is 20.5 Å². The minimum absolute atomic E-state index is 0.128. The van der Waals surface area contributed by atoms with Crippen LogP contribution in [0, 0.1) is 5.82 Å². The van der Waals surface area contributed by atoms with E-state index in [4.69, 9.17) is 23.2 Å². The van der Waals surface area contributed by atoms with Crippen molar-refractivity contribution in [1.82, 2.24) is 15.2 Å². The van der Waals surface area contributed by atoms with Gasteiger partial charge in [0.25, 0.3) is 0 Å². The van der Waals surface area contributed by atoms with Crippen molar-refractivity contribution in [2.24, 2.45) is 0 Å². The molecule has 2 N–H and O–H groups in total. The Balaban J connectivity index is 1.53. The summed E-state index contributed by atoms with van der Waals surface area (Å²) >= 11 is 13.0. The molecule has 0 aliphatic carbocycles. The first-order valence-corrected chi connectivity index (χ1v) is 9.47. The van der Waals surface area contributed by atoms with Crippen LogP contribution < -0.4 is 5.32 Å². The molecule has 1 amide bonds. The van der Waals surface area contributed by atoms with Crippen molar-refractivity contribution in [3.05, 3.63) is 69.7 Å². The van der Waals surface area contributed by atoms with Gasteiger partial charge in [0.1, 0.15) is 11.6 Å². The van der Waals surface area contributed by atoms with Crippen LogP contribution in [0.15, 0.2) is 47.6 Å². The Bertz CT molecular complexity index is 955. The van der Waals surface area contributed by atoms with Gasteiger partial charge in [-0.25, -0.2) is 9.37 Å². The van der Waals surface area contributed by atoms with Crippen LogP contribution in [0.1, 0.15) is 11.4 Å². The number of carbonyl (C=O) groups excluding carboxylic acids is 1. The standard InChI is InChI=1S/C18H13Cl2FN4OS/c19-12-7-13(20)9-15(8-12)22-17(26)10-27-18-23-16(24-25-18)6-3-11-1-4-14(21)5-2-11/h1-9H,10H2,(H,22,26)(H,23,24,25)/b6-3+. The maximum absolute atomic E-state index is 12.9. The minimum Gasteiger partial charge on any atom is -0.325 e. The third-order valence-corrected chi connectivity index (χ3v) is 4.55. The second-order valence-electron chi connectivity index (χ2n) is 5.38. The summed E-state index contributed by atoms with van der Waals surface area (Å²) in [6, 6.07) is 10.9. The Morgan fingerprint density at radius 3 is 2.56 bits per heavy atom. The molecule has 0 radical (unpaired) electrons. The third kappa shape index (κ3) is 6.09. The molecule has 5 nitrogen and oxygen atoms in total. The maximum Gasteiger partial charge on any atom is 0.234 e. The molecule has 0 saturated heterocycles. The number of aromatic nitrogens is 3. The molecule has 2 aromatic carbocycles. The number of halogens is 3. The lowest BCUT2D eigenvalue weighted by atomic mass is 10.2. The van der Waals surface area contributed by atoms with E-state index < -0.39 is 0 Å². The zero-order chi connectivity index (χ0) is 19.2. The summed E-state index contributed by atoms with van der Waals surface area (Å²) in [6.45, 7) is 0. The molecule has 0 bridgehead atoms. The van der Waals surface area contributed by atoms with Crippen LogP contribution in [0.2, 0.25) is 10.0 Å². The van der Waals surface area contributed by atoms with Crippen molar-refractivity contribution in [1.29, 1.82) is 0 Å². The average Bonchev–Trinajstić information content (AvgIpc) is 3.06. The van der Waals surface area contributed by atoms with Gasteiger partial charge in [0.2, 0.25) is 11.1 Å². The van der Waals surface area contributed by atoms with Gasteiger partial charge in [0.15, 0.2) is 0 Å². The molecule has 0 unspecified atom stereocenters. The quantitative estimate of drug-likeness (QED) is 0.538. The molecule has 1 aromatic heterocycles. The van der Waals surface area contributed by atoms with E-state index in [0.717, 1.165) is 5.56 Å². The second-order valence-corrected chi connectivity index (χ2v) is 7.20. The van der Waals surface area contributed by atoms with Crippen molar-refractivity contribution in [3.8, 4) is 0 Å². The smallest absolute Gasteiger partial charge is 0.234 e. The molecule has 0 aliphatic heterocycles. The summed E-state index contributed by atoms with van der Waals surface area (Å²) in [5.74, 6) is 0.141. The summed E-state index contributed by atoms with van der Waals surface area (Å²) in [5.41, 5.74) is 1.36. The number of nitrogens with zero attached hydrogens (tertiary/aromatic N) is 2. The van der Waals surface area contributed by atoms with E-state index in [-0.39, 0.29) is 17.5 Å². The van der Waals surface area contributed by atoms with E-state index in [1.54, 1.807) is 42.5 Å². The molecule has 27 heavy (non-hydrogen) atoms. The van der Waals surface area contributed by atoms with Crippen LogP contribution in [0.5, 0.6) is 0 Å². The molecule has 3 rings (SSSR count). The van der Waals surface area contributed by atoms with Crippen LogP contribution in [-0.4, -0.2) is 26.8 Å². The number of H-pyrrole nitrogens is 1.